The fourth-order valence-electron chi connectivity index (χ4n) is 1.69. The van der Waals surface area contributed by atoms with Gasteiger partial charge in [-0.3, -0.25) is 0 Å². The summed E-state index contributed by atoms with van der Waals surface area (Å²) in [7, 11) is 0. The lowest BCUT2D eigenvalue weighted by atomic mass is 10.1. The zero-order valence-electron chi connectivity index (χ0n) is 10.8. The third kappa shape index (κ3) is 8.43. The van der Waals surface area contributed by atoms with Crippen LogP contribution in [-0.2, 0) is 0 Å². The van der Waals surface area contributed by atoms with E-state index in [1.165, 1.54) is 38.5 Å². The smallest absolute Gasteiger partial charge is 0.0889 e. The van der Waals surface area contributed by atoms with Crippen molar-refractivity contribution in [1.82, 2.24) is 0 Å². The number of thioether (sulfide) groups is 1. The van der Waals surface area contributed by atoms with Gasteiger partial charge in [0.05, 0.1) is 12.7 Å². The van der Waals surface area contributed by atoms with Crippen LogP contribution < -0.4 is 0 Å². The van der Waals surface area contributed by atoms with Crippen molar-refractivity contribution in [3.8, 4) is 0 Å². The van der Waals surface area contributed by atoms with Gasteiger partial charge in [0.15, 0.2) is 0 Å². The van der Waals surface area contributed by atoms with Gasteiger partial charge in [0.1, 0.15) is 0 Å². The molecule has 16 heavy (non-hydrogen) atoms. The van der Waals surface area contributed by atoms with Crippen LogP contribution in [0.5, 0.6) is 0 Å². The second-order valence-electron chi connectivity index (χ2n) is 4.36. The van der Waals surface area contributed by atoms with E-state index >= 15 is 0 Å². The largest absolute Gasteiger partial charge is 0.394 e. The lowest BCUT2D eigenvalue weighted by Crippen LogP contribution is -2.27. The summed E-state index contributed by atoms with van der Waals surface area (Å²) in [4.78, 5) is 0. The zero-order valence-corrected chi connectivity index (χ0v) is 11.6. The third-order valence-electron chi connectivity index (χ3n) is 2.79. The lowest BCUT2D eigenvalue weighted by molar-refractivity contribution is 0.0907. The van der Waals surface area contributed by atoms with Gasteiger partial charge in [0.2, 0.25) is 0 Å². The molecule has 0 bridgehead atoms. The maximum atomic E-state index is 9.70. The van der Waals surface area contributed by atoms with Crippen molar-refractivity contribution in [3.05, 3.63) is 0 Å². The first-order valence-corrected chi connectivity index (χ1v) is 7.71. The molecule has 0 saturated heterocycles. The molecule has 0 rings (SSSR count). The number of aliphatic hydroxyl groups is 2. The first kappa shape index (κ1) is 16.3. The van der Waals surface area contributed by atoms with E-state index in [-0.39, 0.29) is 11.9 Å². The predicted octanol–water partition coefficient (Wildman–Crippen LogP) is 3.21. The van der Waals surface area contributed by atoms with Crippen LogP contribution >= 0.6 is 11.8 Å². The predicted molar refractivity (Wildman–Crippen MR) is 73.0 cm³/mol. The maximum absolute atomic E-state index is 9.70. The Kier molecular flexibility index (Phi) is 11.9. The molecule has 0 aromatic heterocycles. The van der Waals surface area contributed by atoms with E-state index in [9.17, 15) is 5.11 Å². The summed E-state index contributed by atoms with van der Waals surface area (Å²) in [5, 5.41) is 18.9. The molecule has 0 amide bonds. The molecular formula is C13H28O2S. The summed E-state index contributed by atoms with van der Waals surface area (Å²) >= 11 is 1.83. The molecule has 2 N–H and O–H groups in total. The Hall–Kier alpha value is 0.270. The molecule has 2 nitrogen and oxygen atoms in total. The summed E-state index contributed by atoms with van der Waals surface area (Å²) in [6, 6.07) is 0. The maximum Gasteiger partial charge on any atom is 0.0889 e. The van der Waals surface area contributed by atoms with Gasteiger partial charge in [-0.1, -0.05) is 46.0 Å². The molecule has 0 saturated carbocycles. The van der Waals surface area contributed by atoms with Gasteiger partial charge >= 0.3 is 0 Å². The van der Waals surface area contributed by atoms with Crippen LogP contribution in [0.3, 0.4) is 0 Å². The topological polar surface area (TPSA) is 40.5 Å². The monoisotopic (exact) mass is 248 g/mol. The van der Waals surface area contributed by atoms with Gasteiger partial charge in [-0.2, -0.15) is 11.8 Å². The highest BCUT2D eigenvalue weighted by Crippen LogP contribution is 2.22. The molecule has 0 aromatic rings. The fraction of sp³-hybridized carbons (Fsp3) is 1.00. The number of rotatable bonds is 11. The zero-order chi connectivity index (χ0) is 12.2. The highest BCUT2D eigenvalue weighted by molar-refractivity contribution is 7.99. The number of unbranched alkanes of at least 4 members (excludes halogenated alkanes) is 4. The number of hydrogen-bond acceptors (Lipinski definition) is 3. The highest BCUT2D eigenvalue weighted by atomic mass is 32.2. The van der Waals surface area contributed by atoms with Gasteiger partial charge in [-0.05, 0) is 18.6 Å². The van der Waals surface area contributed by atoms with Gasteiger partial charge in [0.25, 0.3) is 0 Å². The molecular weight excluding hydrogens is 220 g/mol. The van der Waals surface area contributed by atoms with Crippen LogP contribution in [0.2, 0.25) is 0 Å². The van der Waals surface area contributed by atoms with Crippen LogP contribution in [0.4, 0.5) is 0 Å². The minimum Gasteiger partial charge on any atom is -0.394 e. The standard InChI is InChI=1S/C13H28O2S/c1-3-5-7-9-13(12(15)11-14)16-10-8-6-4-2/h12-15H,3-11H2,1-2H3. The summed E-state index contributed by atoms with van der Waals surface area (Å²) in [5.41, 5.74) is 0. The second kappa shape index (κ2) is 11.7. The van der Waals surface area contributed by atoms with Crippen molar-refractivity contribution in [2.24, 2.45) is 0 Å². The van der Waals surface area contributed by atoms with E-state index in [0.29, 0.717) is 0 Å². The second-order valence-corrected chi connectivity index (χ2v) is 5.71. The average Bonchev–Trinajstić information content (AvgIpc) is 2.31. The van der Waals surface area contributed by atoms with E-state index in [2.05, 4.69) is 13.8 Å². The van der Waals surface area contributed by atoms with Gasteiger partial charge in [0, 0.05) is 5.25 Å². The van der Waals surface area contributed by atoms with Crippen molar-refractivity contribution in [1.29, 1.82) is 0 Å². The average molecular weight is 248 g/mol. The molecule has 0 aromatic carbocycles. The normalized spacial score (nSPS) is 15.0. The Morgan fingerprint density at radius 2 is 1.62 bits per heavy atom. The van der Waals surface area contributed by atoms with Crippen LogP contribution in [0, 0.1) is 0 Å². The molecule has 0 fully saturated rings. The SMILES string of the molecule is CCCCCSC(CCCCC)C(O)CO. The minimum absolute atomic E-state index is 0.0996. The van der Waals surface area contributed by atoms with Gasteiger partial charge in [-0.25, -0.2) is 0 Å². The minimum atomic E-state index is -0.538. The first-order chi connectivity index (χ1) is 7.76. The van der Waals surface area contributed by atoms with E-state index in [1.807, 2.05) is 11.8 Å². The molecule has 0 heterocycles. The Labute approximate surface area is 105 Å². The quantitative estimate of drug-likeness (QED) is 0.552. The Balaban J connectivity index is 3.72. The Morgan fingerprint density at radius 3 is 2.19 bits per heavy atom. The van der Waals surface area contributed by atoms with Gasteiger partial charge < -0.3 is 10.2 Å². The molecule has 0 spiro atoms. The summed E-state index contributed by atoms with van der Waals surface area (Å²) in [6.07, 6.45) is 7.83. The van der Waals surface area contributed by atoms with Crippen molar-refractivity contribution >= 4 is 11.8 Å². The van der Waals surface area contributed by atoms with Gasteiger partial charge in [-0.15, -0.1) is 0 Å². The Bertz CT molecular complexity index is 142. The van der Waals surface area contributed by atoms with Crippen molar-refractivity contribution in [2.45, 2.75) is 70.1 Å². The van der Waals surface area contributed by atoms with Crippen LogP contribution in [0.1, 0.15) is 58.8 Å². The number of hydrogen-bond donors (Lipinski definition) is 2. The fourth-order valence-corrected chi connectivity index (χ4v) is 3.00. The van der Waals surface area contributed by atoms with E-state index in [1.54, 1.807) is 0 Å². The molecule has 0 aliphatic heterocycles. The van der Waals surface area contributed by atoms with Crippen LogP contribution in [0.25, 0.3) is 0 Å². The van der Waals surface area contributed by atoms with Crippen LogP contribution in [-0.4, -0.2) is 33.9 Å². The Morgan fingerprint density at radius 1 is 1.00 bits per heavy atom. The van der Waals surface area contributed by atoms with Crippen molar-refractivity contribution in [2.75, 3.05) is 12.4 Å². The molecule has 98 valence electrons. The molecule has 0 aliphatic rings. The van der Waals surface area contributed by atoms with E-state index in [0.717, 1.165) is 12.2 Å². The third-order valence-corrected chi connectivity index (χ3v) is 4.29. The molecule has 3 heteroatoms. The summed E-state index contributed by atoms with van der Waals surface area (Å²) < 4.78 is 0. The molecule has 0 radical (unpaired) electrons. The molecule has 0 aliphatic carbocycles. The first-order valence-electron chi connectivity index (χ1n) is 6.66. The van der Waals surface area contributed by atoms with E-state index in [4.69, 9.17) is 5.11 Å². The number of aliphatic hydroxyl groups excluding tert-OH is 2. The van der Waals surface area contributed by atoms with Crippen molar-refractivity contribution < 1.29 is 10.2 Å². The molecule has 2 atom stereocenters. The molecule has 2 unspecified atom stereocenters. The van der Waals surface area contributed by atoms with E-state index < -0.39 is 6.10 Å². The van der Waals surface area contributed by atoms with Crippen LogP contribution in [0.15, 0.2) is 0 Å². The summed E-state index contributed by atoms with van der Waals surface area (Å²) in [5.74, 6) is 1.11. The van der Waals surface area contributed by atoms with Crippen molar-refractivity contribution in [3.63, 3.8) is 0 Å². The highest BCUT2D eigenvalue weighted by Gasteiger charge is 2.17. The summed E-state index contributed by atoms with van der Waals surface area (Å²) in [6.45, 7) is 4.29. The lowest BCUT2D eigenvalue weighted by Gasteiger charge is -2.20.